The summed E-state index contributed by atoms with van der Waals surface area (Å²) in [6, 6.07) is 0.734. The first-order chi connectivity index (χ1) is 28.1. The first kappa shape index (κ1) is 41.3. The van der Waals surface area contributed by atoms with Gasteiger partial charge in [0.2, 0.25) is 35.0 Å². The van der Waals surface area contributed by atoms with Crippen molar-refractivity contribution in [3.63, 3.8) is 0 Å². The Labute approximate surface area is 314 Å². The summed E-state index contributed by atoms with van der Waals surface area (Å²) in [6.07, 6.45) is -0.472. The van der Waals surface area contributed by atoms with Crippen LogP contribution in [0, 0.1) is 116 Å². The molecule has 24 heteroatoms. The molecular weight excluding hydrogens is 872 g/mol. The van der Waals surface area contributed by atoms with Crippen LogP contribution in [0.1, 0.15) is 11.1 Å². The summed E-state index contributed by atoms with van der Waals surface area (Å²) in [5, 5.41) is -2.02. The molecule has 4 nitrogen and oxygen atoms in total. The van der Waals surface area contributed by atoms with Crippen LogP contribution in [0.15, 0.2) is 31.0 Å². The number of benzene rings is 5. The molecule has 7 aromatic rings. The molecule has 5 aromatic carbocycles. The fourth-order valence-electron chi connectivity index (χ4n) is 5.69. The second-order valence-corrected chi connectivity index (χ2v) is 11.8. The lowest BCUT2D eigenvalue weighted by molar-refractivity contribution is 0.377. The fourth-order valence-corrected chi connectivity index (χ4v) is 5.69. The van der Waals surface area contributed by atoms with Crippen LogP contribution in [0.2, 0.25) is 0 Å². The minimum atomic E-state index is -2.76. The monoisotopic (exact) mass is 876 g/mol. The van der Waals surface area contributed by atoms with E-state index in [1.807, 2.05) is 0 Å². The maximum absolute atomic E-state index is 15.3. The van der Waals surface area contributed by atoms with Gasteiger partial charge in [0.1, 0.15) is 11.2 Å². The largest absolute Gasteiger partial charge is 0.438 e. The minimum Gasteiger partial charge on any atom is -0.438 e. The molecule has 0 atom stereocenters. The van der Waals surface area contributed by atoms with Gasteiger partial charge in [-0.25, -0.2) is 97.8 Å². The third-order valence-corrected chi connectivity index (χ3v) is 8.49. The molecule has 0 aliphatic rings. The van der Waals surface area contributed by atoms with Gasteiger partial charge in [-0.3, -0.25) is 0 Å². The lowest BCUT2D eigenvalue weighted by Crippen LogP contribution is -2.06. The van der Waals surface area contributed by atoms with Crippen molar-refractivity contribution in [3.05, 3.63) is 140 Å². The van der Waals surface area contributed by atoms with Crippen LogP contribution in [-0.4, -0.2) is 12.4 Å². The van der Waals surface area contributed by atoms with Crippen molar-refractivity contribution in [3.8, 4) is 22.3 Å². The molecule has 0 saturated carbocycles. The average molecular weight is 876 g/mol. The zero-order valence-electron chi connectivity index (χ0n) is 27.6. The van der Waals surface area contributed by atoms with Gasteiger partial charge in [0, 0.05) is 23.2 Å². The Bertz CT molecular complexity index is 2790. The SMILES string of the molecule is Fc1c(F)c(F)c(/C=N/c2oc3cc4c(-c5c(F)c(F)c(F)c(F)c5F)c(/N=C/c5c(F)c(F)c(F)c(F)c5F)oc4cc3c2-c2c(F)c(F)c(F)c(F)c2F)c(F)c1F. The topological polar surface area (TPSA) is 51.0 Å². The van der Waals surface area contributed by atoms with Gasteiger partial charge >= 0.3 is 0 Å². The van der Waals surface area contributed by atoms with Gasteiger partial charge in [-0.05, 0) is 12.1 Å². The second kappa shape index (κ2) is 14.4. The van der Waals surface area contributed by atoms with E-state index in [-0.39, 0.29) is 12.4 Å². The zero-order valence-corrected chi connectivity index (χ0v) is 27.6. The van der Waals surface area contributed by atoms with Gasteiger partial charge in [-0.15, -0.1) is 0 Å². The van der Waals surface area contributed by atoms with E-state index in [1.54, 1.807) is 0 Å². The number of fused-ring (bicyclic) bond motifs is 2. The van der Waals surface area contributed by atoms with Gasteiger partial charge in [0.25, 0.3) is 0 Å². The summed E-state index contributed by atoms with van der Waals surface area (Å²) in [5.74, 6) is -55.8. The van der Waals surface area contributed by atoms with Crippen molar-refractivity contribution < 1.29 is 96.6 Å². The van der Waals surface area contributed by atoms with Crippen LogP contribution in [0.5, 0.6) is 0 Å². The van der Waals surface area contributed by atoms with Crippen LogP contribution >= 0.6 is 0 Å². The Balaban J connectivity index is 1.60. The number of halogens is 20. The summed E-state index contributed by atoms with van der Waals surface area (Å²) >= 11 is 0. The maximum atomic E-state index is 15.3. The molecule has 0 bridgehead atoms. The third kappa shape index (κ3) is 5.93. The van der Waals surface area contributed by atoms with Crippen LogP contribution in [0.3, 0.4) is 0 Å². The van der Waals surface area contributed by atoms with E-state index in [4.69, 9.17) is 8.83 Å². The Morgan fingerprint density at radius 2 is 0.500 bits per heavy atom. The molecule has 0 radical (unpaired) electrons. The van der Waals surface area contributed by atoms with E-state index >= 15 is 17.6 Å². The molecule has 0 saturated heterocycles. The van der Waals surface area contributed by atoms with Crippen molar-refractivity contribution >= 4 is 46.1 Å². The van der Waals surface area contributed by atoms with Gasteiger partial charge < -0.3 is 8.83 Å². The predicted octanol–water partition coefficient (Wildman–Crippen LogP) is 12.8. The van der Waals surface area contributed by atoms with Crippen molar-refractivity contribution in [2.24, 2.45) is 9.98 Å². The van der Waals surface area contributed by atoms with Crippen molar-refractivity contribution in [1.29, 1.82) is 0 Å². The van der Waals surface area contributed by atoms with E-state index in [2.05, 4.69) is 9.98 Å². The number of furan rings is 2. The van der Waals surface area contributed by atoms with Gasteiger partial charge in [-0.1, -0.05) is 0 Å². The smallest absolute Gasteiger partial charge is 0.228 e. The molecular formula is C36H4F20N2O2. The quantitative estimate of drug-likeness (QED) is 0.0723. The number of hydrogen-bond donors (Lipinski definition) is 0. The molecule has 60 heavy (non-hydrogen) atoms. The molecule has 0 aliphatic carbocycles. The highest BCUT2D eigenvalue weighted by atomic mass is 19.2. The normalized spacial score (nSPS) is 12.2. The Kier molecular flexibility index (Phi) is 9.94. The molecule has 0 fully saturated rings. The molecule has 2 heterocycles. The summed E-state index contributed by atoms with van der Waals surface area (Å²) < 4.78 is 298. The van der Waals surface area contributed by atoms with Gasteiger partial charge in [0.15, 0.2) is 93.1 Å². The summed E-state index contributed by atoms with van der Waals surface area (Å²) in [6.45, 7) is 0. The van der Waals surface area contributed by atoms with E-state index in [9.17, 15) is 70.2 Å². The van der Waals surface area contributed by atoms with E-state index in [0.717, 1.165) is 0 Å². The van der Waals surface area contributed by atoms with E-state index in [1.165, 1.54) is 0 Å². The number of rotatable bonds is 6. The first-order valence-corrected chi connectivity index (χ1v) is 15.3. The van der Waals surface area contributed by atoms with Gasteiger partial charge in [-0.2, -0.15) is 0 Å². The molecule has 0 spiro atoms. The van der Waals surface area contributed by atoms with Crippen LogP contribution < -0.4 is 0 Å². The maximum Gasteiger partial charge on any atom is 0.228 e. The van der Waals surface area contributed by atoms with Crippen LogP contribution in [0.4, 0.5) is 99.6 Å². The van der Waals surface area contributed by atoms with Crippen LogP contribution in [0.25, 0.3) is 44.2 Å². The van der Waals surface area contributed by atoms with E-state index in [0.29, 0.717) is 12.1 Å². The zero-order chi connectivity index (χ0) is 44.1. The summed E-state index contributed by atoms with van der Waals surface area (Å²) in [4.78, 5) is 6.50. The van der Waals surface area contributed by atoms with E-state index < -0.39 is 183 Å². The summed E-state index contributed by atoms with van der Waals surface area (Å²) in [7, 11) is 0. The fraction of sp³-hybridized carbons (Fsp3) is 0. The van der Waals surface area contributed by atoms with Crippen LogP contribution in [-0.2, 0) is 0 Å². The lowest BCUT2D eigenvalue weighted by Gasteiger charge is -2.08. The highest BCUT2D eigenvalue weighted by Gasteiger charge is 2.35. The molecule has 0 amide bonds. The average Bonchev–Trinajstić information content (AvgIpc) is 3.76. The highest BCUT2D eigenvalue weighted by Crippen LogP contribution is 2.49. The van der Waals surface area contributed by atoms with Crippen molar-refractivity contribution in [2.75, 3.05) is 0 Å². The standard InChI is InChI=1S/C36H4F20N2O2/c37-15-7(16(38)24(46)31(53)23(15)45)3-57-35-11(13-19(41)27(49)33(55)28(50)20(13)42)5-1-9-6(2-10(5)60-35)12(14-21(43)29(51)34(56)30(52)22(14)44)36(59-9)58-4-8-17(39)25(47)32(54)26(48)18(8)40/h1-4H/b57-3+,58-4+. The molecule has 0 unspecified atom stereocenters. The molecule has 310 valence electrons. The number of hydrogen-bond acceptors (Lipinski definition) is 4. The molecule has 0 aliphatic heterocycles. The Morgan fingerprint density at radius 1 is 0.283 bits per heavy atom. The Hall–Kier alpha value is -6.88. The molecule has 2 aromatic heterocycles. The lowest BCUT2D eigenvalue weighted by atomic mass is 9.98. The second-order valence-electron chi connectivity index (χ2n) is 11.8. The number of nitrogens with zero attached hydrogens (tertiary/aromatic N) is 2. The minimum absolute atomic E-state index is 0.236. The first-order valence-electron chi connectivity index (χ1n) is 15.3. The number of aliphatic imine (C=N–C) groups is 2. The summed E-state index contributed by atoms with van der Waals surface area (Å²) in [5.41, 5.74) is -12.8. The predicted molar refractivity (Wildman–Crippen MR) is 163 cm³/mol. The van der Waals surface area contributed by atoms with Crippen molar-refractivity contribution in [2.45, 2.75) is 0 Å². The Morgan fingerprint density at radius 3 is 0.750 bits per heavy atom. The highest BCUT2D eigenvalue weighted by molar-refractivity contribution is 6.11. The van der Waals surface area contributed by atoms with Crippen molar-refractivity contribution in [1.82, 2.24) is 0 Å². The molecule has 7 rings (SSSR count). The third-order valence-electron chi connectivity index (χ3n) is 8.49. The van der Waals surface area contributed by atoms with Gasteiger partial charge in [0.05, 0.1) is 33.4 Å². The molecule has 0 N–H and O–H groups in total.